The SMILES string of the molecule is O=C(NC1CC1)c1cc2c(s1)-c1ccccc1N(C(=O)c1ccc3c(c1)OCCOCCN/C=N/3)CC2. The first-order valence-corrected chi connectivity index (χ1v) is 13.4. The second-order valence-corrected chi connectivity index (χ2v) is 10.3. The largest absolute Gasteiger partial charge is 0.489 e. The van der Waals surface area contributed by atoms with Crippen molar-refractivity contribution in [3.8, 4) is 16.2 Å². The fourth-order valence-corrected chi connectivity index (χ4v) is 5.70. The van der Waals surface area contributed by atoms with Crippen LogP contribution in [0.25, 0.3) is 10.4 Å². The molecule has 2 amide bonds. The average Bonchev–Trinajstić information content (AvgIpc) is 3.66. The lowest BCUT2D eigenvalue weighted by atomic mass is 10.1. The summed E-state index contributed by atoms with van der Waals surface area (Å²) < 4.78 is 11.5. The van der Waals surface area contributed by atoms with Gasteiger partial charge in [0.05, 0.1) is 30.1 Å². The number of nitrogens with one attached hydrogen (secondary N) is 2. The Labute approximate surface area is 219 Å². The zero-order valence-electron chi connectivity index (χ0n) is 20.4. The van der Waals surface area contributed by atoms with Crippen molar-refractivity contribution in [1.29, 1.82) is 0 Å². The summed E-state index contributed by atoms with van der Waals surface area (Å²) in [4.78, 5) is 34.6. The van der Waals surface area contributed by atoms with Gasteiger partial charge >= 0.3 is 0 Å². The van der Waals surface area contributed by atoms with Gasteiger partial charge in [0, 0.05) is 35.1 Å². The molecule has 6 rings (SSSR count). The standard InChI is InChI=1S/C28H28N4O4S/c33-27(31-20-6-7-20)25-16-18-9-11-32(23-4-2-1-3-21(23)26(18)37-25)28(34)19-5-8-22-24(15-19)36-14-13-35-12-10-29-17-30-22/h1-5,8,15-17,20H,6-7,9-14H2,(H,29,30)(H,31,33). The normalized spacial score (nSPS) is 18.0. The summed E-state index contributed by atoms with van der Waals surface area (Å²) >= 11 is 1.50. The van der Waals surface area contributed by atoms with Crippen LogP contribution in [0, 0.1) is 0 Å². The molecule has 1 aromatic heterocycles. The fourth-order valence-electron chi connectivity index (χ4n) is 4.55. The molecule has 0 unspecified atom stereocenters. The molecule has 0 bridgehead atoms. The van der Waals surface area contributed by atoms with Gasteiger partial charge in [0.25, 0.3) is 11.8 Å². The van der Waals surface area contributed by atoms with Crippen molar-refractivity contribution in [2.75, 3.05) is 37.8 Å². The number of carbonyl (C=O) groups is 2. The Morgan fingerprint density at radius 2 is 1.97 bits per heavy atom. The van der Waals surface area contributed by atoms with Gasteiger partial charge in [-0.3, -0.25) is 9.59 Å². The van der Waals surface area contributed by atoms with Crippen molar-refractivity contribution in [1.82, 2.24) is 10.6 Å². The summed E-state index contributed by atoms with van der Waals surface area (Å²) in [5.41, 5.74) is 4.09. The summed E-state index contributed by atoms with van der Waals surface area (Å²) in [5.74, 6) is 0.438. The van der Waals surface area contributed by atoms with E-state index < -0.39 is 0 Å². The van der Waals surface area contributed by atoms with E-state index in [9.17, 15) is 9.59 Å². The Morgan fingerprint density at radius 1 is 1.08 bits per heavy atom. The molecule has 2 aliphatic heterocycles. The smallest absolute Gasteiger partial charge is 0.261 e. The van der Waals surface area contributed by atoms with Crippen LogP contribution in [0.4, 0.5) is 11.4 Å². The predicted octanol–water partition coefficient (Wildman–Crippen LogP) is 4.17. The van der Waals surface area contributed by atoms with E-state index in [0.29, 0.717) is 62.4 Å². The number of thiophene rings is 1. The van der Waals surface area contributed by atoms with E-state index in [2.05, 4.69) is 15.6 Å². The van der Waals surface area contributed by atoms with E-state index >= 15 is 0 Å². The Kier molecular flexibility index (Phi) is 6.63. The Bertz CT molecular complexity index is 1360. The lowest BCUT2D eigenvalue weighted by Gasteiger charge is -2.23. The highest BCUT2D eigenvalue weighted by Gasteiger charge is 2.29. The number of anilines is 1. The van der Waals surface area contributed by atoms with Gasteiger partial charge in [-0.05, 0) is 55.2 Å². The first-order chi connectivity index (χ1) is 18.2. The molecule has 8 nitrogen and oxygen atoms in total. The quantitative estimate of drug-likeness (QED) is 0.545. The molecule has 1 aliphatic carbocycles. The first kappa shape index (κ1) is 23.7. The molecule has 1 saturated carbocycles. The number of para-hydroxylation sites is 1. The number of hydrogen-bond acceptors (Lipinski definition) is 7. The first-order valence-electron chi connectivity index (χ1n) is 12.6. The molecule has 1 fully saturated rings. The lowest BCUT2D eigenvalue weighted by molar-refractivity contribution is 0.0952. The third-order valence-electron chi connectivity index (χ3n) is 6.61. The molecular weight excluding hydrogens is 488 g/mol. The van der Waals surface area contributed by atoms with E-state index in [1.807, 2.05) is 41.3 Å². The number of aliphatic imine (C=N–C) groups is 1. The molecule has 0 radical (unpaired) electrons. The number of ether oxygens (including phenoxy) is 2. The van der Waals surface area contributed by atoms with Gasteiger partial charge in [-0.1, -0.05) is 18.2 Å². The van der Waals surface area contributed by atoms with Crippen LogP contribution in [-0.4, -0.2) is 57.1 Å². The minimum atomic E-state index is -0.103. The molecular formula is C28H28N4O4S. The van der Waals surface area contributed by atoms with Gasteiger partial charge in [-0.25, -0.2) is 4.99 Å². The summed E-state index contributed by atoms with van der Waals surface area (Å²) in [5, 5.41) is 6.17. The van der Waals surface area contributed by atoms with Gasteiger partial charge in [0.1, 0.15) is 18.0 Å². The Morgan fingerprint density at radius 3 is 2.86 bits per heavy atom. The molecule has 3 heterocycles. The third kappa shape index (κ3) is 5.10. The number of nitrogens with zero attached hydrogens (tertiary/aromatic N) is 2. The van der Waals surface area contributed by atoms with Crippen LogP contribution >= 0.6 is 11.3 Å². The number of hydrogen-bond donors (Lipinski definition) is 2. The highest BCUT2D eigenvalue weighted by molar-refractivity contribution is 7.17. The van der Waals surface area contributed by atoms with Crippen molar-refractivity contribution in [3.05, 3.63) is 64.5 Å². The number of rotatable bonds is 3. The van der Waals surface area contributed by atoms with Crippen LogP contribution in [0.1, 0.15) is 38.4 Å². The van der Waals surface area contributed by atoms with Gasteiger partial charge in [-0.2, -0.15) is 0 Å². The molecule has 2 N–H and O–H groups in total. The Balaban J connectivity index is 1.30. The van der Waals surface area contributed by atoms with Crippen LogP contribution in [0.5, 0.6) is 5.75 Å². The molecule has 9 heteroatoms. The van der Waals surface area contributed by atoms with E-state index in [1.165, 1.54) is 11.3 Å². The number of amides is 2. The highest BCUT2D eigenvalue weighted by Crippen LogP contribution is 2.42. The van der Waals surface area contributed by atoms with Crippen LogP contribution in [-0.2, 0) is 11.2 Å². The van der Waals surface area contributed by atoms with Gasteiger partial charge in [0.2, 0.25) is 0 Å². The minimum Gasteiger partial charge on any atom is -0.489 e. The number of fused-ring (bicyclic) bond motifs is 4. The second kappa shape index (κ2) is 10.4. The number of carbonyl (C=O) groups excluding carboxylic acids is 2. The summed E-state index contributed by atoms with van der Waals surface area (Å²) in [6.07, 6.45) is 4.40. The average molecular weight is 517 g/mol. The Hall–Kier alpha value is -3.69. The predicted molar refractivity (Wildman–Crippen MR) is 145 cm³/mol. The van der Waals surface area contributed by atoms with Crippen molar-refractivity contribution in [3.63, 3.8) is 0 Å². The number of benzene rings is 2. The van der Waals surface area contributed by atoms with Crippen molar-refractivity contribution in [2.24, 2.45) is 4.99 Å². The molecule has 0 saturated heterocycles. The lowest BCUT2D eigenvalue weighted by Crippen LogP contribution is -2.32. The molecule has 190 valence electrons. The van der Waals surface area contributed by atoms with Crippen LogP contribution < -0.4 is 20.3 Å². The fraction of sp³-hybridized carbons (Fsp3) is 0.321. The maximum Gasteiger partial charge on any atom is 0.261 e. The highest BCUT2D eigenvalue weighted by atomic mass is 32.1. The van der Waals surface area contributed by atoms with E-state index in [-0.39, 0.29) is 11.8 Å². The van der Waals surface area contributed by atoms with E-state index in [1.54, 1.807) is 18.5 Å². The topological polar surface area (TPSA) is 92.3 Å². The van der Waals surface area contributed by atoms with Crippen molar-refractivity contribution < 1.29 is 19.1 Å². The monoisotopic (exact) mass is 516 g/mol. The van der Waals surface area contributed by atoms with Gasteiger partial charge < -0.3 is 25.0 Å². The maximum absolute atomic E-state index is 13.8. The summed E-state index contributed by atoms with van der Waals surface area (Å²) in [7, 11) is 0. The zero-order valence-corrected chi connectivity index (χ0v) is 21.2. The second-order valence-electron chi connectivity index (χ2n) is 9.29. The van der Waals surface area contributed by atoms with E-state index in [4.69, 9.17) is 9.47 Å². The van der Waals surface area contributed by atoms with Crippen LogP contribution in [0.3, 0.4) is 0 Å². The summed E-state index contributed by atoms with van der Waals surface area (Å²) in [6.45, 7) is 2.59. The molecule has 37 heavy (non-hydrogen) atoms. The summed E-state index contributed by atoms with van der Waals surface area (Å²) in [6, 6.07) is 15.6. The molecule has 3 aliphatic rings. The van der Waals surface area contributed by atoms with Gasteiger partial charge in [0.15, 0.2) is 0 Å². The van der Waals surface area contributed by atoms with Crippen molar-refractivity contribution in [2.45, 2.75) is 25.3 Å². The molecule has 0 spiro atoms. The van der Waals surface area contributed by atoms with E-state index in [0.717, 1.165) is 39.4 Å². The maximum atomic E-state index is 13.8. The molecule has 3 aromatic rings. The molecule has 0 atom stereocenters. The van der Waals surface area contributed by atoms with Gasteiger partial charge in [-0.15, -0.1) is 11.3 Å². The van der Waals surface area contributed by atoms with Crippen LogP contribution in [0.15, 0.2) is 53.5 Å². The third-order valence-corrected chi connectivity index (χ3v) is 7.82. The van der Waals surface area contributed by atoms with Crippen LogP contribution in [0.2, 0.25) is 0 Å². The minimum absolute atomic E-state index is 0.00256. The molecule has 2 aromatic carbocycles. The zero-order chi connectivity index (χ0) is 25.2. The van der Waals surface area contributed by atoms with Crippen molar-refractivity contribution >= 4 is 40.9 Å².